The summed E-state index contributed by atoms with van der Waals surface area (Å²) in [5, 5.41) is 3.13. The van der Waals surface area contributed by atoms with E-state index in [0.717, 1.165) is 17.7 Å². The van der Waals surface area contributed by atoms with Crippen molar-refractivity contribution in [1.29, 1.82) is 0 Å². The molecule has 4 aliphatic heterocycles. The molecule has 0 saturated carbocycles. The number of hydrogen-bond acceptors (Lipinski definition) is 6. The zero-order valence-corrected chi connectivity index (χ0v) is 21.5. The average Bonchev–Trinajstić information content (AvgIpc) is 3.13. The first-order valence-corrected chi connectivity index (χ1v) is 13.4. The first-order valence-electron chi connectivity index (χ1n) is 13.4. The molecule has 0 spiro atoms. The number of methoxy groups -OCH3 is 2. The quantitative estimate of drug-likeness (QED) is 0.554. The van der Waals surface area contributed by atoms with Crippen molar-refractivity contribution in [2.24, 2.45) is 5.92 Å². The number of nitrogens with one attached hydrogen (secondary N) is 1. The summed E-state index contributed by atoms with van der Waals surface area (Å²) in [4.78, 5) is 44.2. The molecule has 5 rings (SSSR count). The molecule has 0 radical (unpaired) electrons. The normalized spacial score (nSPS) is 25.8. The Morgan fingerprint density at radius 3 is 2.56 bits per heavy atom. The number of ether oxygens (including phenoxy) is 2. The number of carbonyl (C=O) groups is 3. The molecular formula is C27H38N4O5. The van der Waals surface area contributed by atoms with E-state index in [4.69, 9.17) is 9.47 Å². The zero-order valence-electron chi connectivity index (χ0n) is 21.5. The standard InChI is InChI=1S/C27H38N4O5/c1-35-23-14-19-13-22-26(33)30(27(34)31(22)17-20(19)15-24(23)36-2)12-6-9-25(32)28-16-18-7-5-11-29-10-4-3-8-21(18)29/h14-15,18,21-22H,3-13,16-17H2,1-2H3,(H,28,32)/t18?,21-,22-/m0/s1. The molecule has 4 aliphatic rings. The van der Waals surface area contributed by atoms with Crippen molar-refractivity contribution in [1.82, 2.24) is 20.0 Å². The van der Waals surface area contributed by atoms with Gasteiger partial charge < -0.3 is 24.6 Å². The Labute approximate surface area is 213 Å². The molecule has 1 unspecified atom stereocenters. The molecule has 3 atom stereocenters. The number of imide groups is 1. The predicted molar refractivity (Wildman–Crippen MR) is 134 cm³/mol. The Kier molecular flexibility index (Phi) is 7.37. The van der Waals surface area contributed by atoms with Crippen molar-refractivity contribution in [2.45, 2.75) is 70.0 Å². The smallest absolute Gasteiger partial charge is 0.327 e. The van der Waals surface area contributed by atoms with Gasteiger partial charge >= 0.3 is 6.03 Å². The van der Waals surface area contributed by atoms with Gasteiger partial charge in [0.05, 0.1) is 14.2 Å². The Balaban J connectivity index is 1.12. The molecule has 9 heteroatoms. The fraction of sp³-hybridized carbons (Fsp3) is 0.667. The topological polar surface area (TPSA) is 91.4 Å². The van der Waals surface area contributed by atoms with E-state index in [1.54, 1.807) is 19.1 Å². The number of piperidine rings is 2. The van der Waals surface area contributed by atoms with Crippen LogP contribution in [0.3, 0.4) is 0 Å². The van der Waals surface area contributed by atoms with E-state index in [-0.39, 0.29) is 24.4 Å². The Hall–Kier alpha value is -2.81. The first-order chi connectivity index (χ1) is 17.5. The van der Waals surface area contributed by atoms with Crippen molar-refractivity contribution in [2.75, 3.05) is 40.4 Å². The molecule has 3 saturated heterocycles. The highest BCUT2D eigenvalue weighted by atomic mass is 16.5. The second-order valence-electron chi connectivity index (χ2n) is 10.5. The number of benzene rings is 1. The maximum Gasteiger partial charge on any atom is 0.327 e. The van der Waals surface area contributed by atoms with Crippen LogP contribution < -0.4 is 14.8 Å². The monoisotopic (exact) mass is 498 g/mol. The summed E-state index contributed by atoms with van der Waals surface area (Å²) in [7, 11) is 3.17. The van der Waals surface area contributed by atoms with Gasteiger partial charge in [-0.3, -0.25) is 14.5 Å². The summed E-state index contributed by atoms with van der Waals surface area (Å²) in [6.45, 7) is 3.74. The summed E-state index contributed by atoms with van der Waals surface area (Å²) < 4.78 is 10.8. The molecule has 196 valence electrons. The largest absolute Gasteiger partial charge is 0.493 e. The van der Waals surface area contributed by atoms with Crippen LogP contribution in [0.25, 0.3) is 0 Å². The fourth-order valence-corrected chi connectivity index (χ4v) is 6.52. The third kappa shape index (κ3) is 4.77. The predicted octanol–water partition coefficient (Wildman–Crippen LogP) is 2.55. The van der Waals surface area contributed by atoms with Gasteiger partial charge in [0.2, 0.25) is 5.91 Å². The molecule has 0 aliphatic carbocycles. The van der Waals surface area contributed by atoms with Crippen LogP contribution in [0.2, 0.25) is 0 Å². The van der Waals surface area contributed by atoms with Crippen LogP contribution in [0, 0.1) is 5.92 Å². The van der Waals surface area contributed by atoms with Crippen LogP contribution in [0.1, 0.15) is 56.1 Å². The van der Waals surface area contributed by atoms with Crippen LogP contribution in [0.5, 0.6) is 11.5 Å². The molecule has 0 bridgehead atoms. The lowest BCUT2D eigenvalue weighted by Crippen LogP contribution is -2.51. The third-order valence-corrected chi connectivity index (χ3v) is 8.44. The van der Waals surface area contributed by atoms with Gasteiger partial charge in [-0.1, -0.05) is 6.42 Å². The summed E-state index contributed by atoms with van der Waals surface area (Å²) in [5.41, 5.74) is 1.96. The van der Waals surface area contributed by atoms with E-state index in [0.29, 0.717) is 49.3 Å². The fourth-order valence-electron chi connectivity index (χ4n) is 6.52. The van der Waals surface area contributed by atoms with Crippen molar-refractivity contribution >= 4 is 17.8 Å². The van der Waals surface area contributed by atoms with Gasteiger partial charge in [-0.2, -0.15) is 0 Å². The third-order valence-electron chi connectivity index (χ3n) is 8.44. The molecule has 36 heavy (non-hydrogen) atoms. The Morgan fingerprint density at radius 1 is 1.03 bits per heavy atom. The van der Waals surface area contributed by atoms with Gasteiger partial charge in [0, 0.05) is 38.5 Å². The van der Waals surface area contributed by atoms with Crippen molar-refractivity contribution in [3.63, 3.8) is 0 Å². The van der Waals surface area contributed by atoms with Crippen LogP contribution in [0.4, 0.5) is 4.79 Å². The Bertz CT molecular complexity index is 961. The maximum absolute atomic E-state index is 13.1. The number of carbonyl (C=O) groups excluding carboxylic acids is 3. The highest BCUT2D eigenvalue weighted by molar-refractivity contribution is 6.04. The van der Waals surface area contributed by atoms with Gasteiger partial charge in [0.1, 0.15) is 6.04 Å². The number of fused-ring (bicyclic) bond motifs is 3. The highest BCUT2D eigenvalue weighted by Gasteiger charge is 2.47. The molecule has 9 nitrogen and oxygen atoms in total. The number of nitrogens with zero attached hydrogens (tertiary/aromatic N) is 3. The van der Waals surface area contributed by atoms with Crippen LogP contribution in [0.15, 0.2) is 12.1 Å². The van der Waals surface area contributed by atoms with E-state index in [2.05, 4.69) is 10.2 Å². The lowest BCUT2D eigenvalue weighted by molar-refractivity contribution is -0.129. The van der Waals surface area contributed by atoms with Crippen LogP contribution in [-0.4, -0.2) is 85.0 Å². The molecule has 1 N–H and O–H groups in total. The van der Waals surface area contributed by atoms with Crippen LogP contribution in [-0.2, 0) is 22.6 Å². The average molecular weight is 499 g/mol. The Morgan fingerprint density at radius 2 is 1.78 bits per heavy atom. The minimum absolute atomic E-state index is 0.00588. The molecule has 1 aromatic rings. The molecule has 4 heterocycles. The lowest BCUT2D eigenvalue weighted by Gasteiger charge is -2.44. The molecule has 0 aromatic heterocycles. The van der Waals surface area contributed by atoms with Gasteiger partial charge in [-0.15, -0.1) is 0 Å². The molecular weight excluding hydrogens is 460 g/mol. The summed E-state index contributed by atoms with van der Waals surface area (Å²) in [5.74, 6) is 1.58. The van der Waals surface area contributed by atoms with Gasteiger partial charge in [-0.05, 0) is 74.4 Å². The lowest BCUT2D eigenvalue weighted by atomic mass is 9.83. The first kappa shape index (κ1) is 24.9. The van der Waals surface area contributed by atoms with Gasteiger partial charge in [0.25, 0.3) is 5.91 Å². The minimum Gasteiger partial charge on any atom is -0.493 e. The second kappa shape index (κ2) is 10.7. The van der Waals surface area contributed by atoms with Crippen LogP contribution >= 0.6 is 0 Å². The van der Waals surface area contributed by atoms with E-state index in [1.165, 1.54) is 50.1 Å². The number of urea groups is 1. The molecule has 3 fully saturated rings. The van der Waals surface area contributed by atoms with E-state index in [9.17, 15) is 14.4 Å². The summed E-state index contributed by atoms with van der Waals surface area (Å²) in [6.07, 6.45) is 7.44. The number of rotatable bonds is 8. The molecule has 4 amide bonds. The minimum atomic E-state index is -0.498. The van der Waals surface area contributed by atoms with Gasteiger partial charge in [0.15, 0.2) is 11.5 Å². The zero-order chi connectivity index (χ0) is 25.2. The molecule has 1 aromatic carbocycles. The highest BCUT2D eigenvalue weighted by Crippen LogP contribution is 2.37. The SMILES string of the molecule is COc1cc2c(cc1OC)CN1C(=O)N(CCCC(=O)NCC3CCCN4CCCC[C@@H]34)C(=O)[C@@H]1C2. The number of hydrogen-bond donors (Lipinski definition) is 1. The van der Waals surface area contributed by atoms with E-state index in [1.807, 2.05) is 12.1 Å². The summed E-state index contributed by atoms with van der Waals surface area (Å²) >= 11 is 0. The van der Waals surface area contributed by atoms with Crippen molar-refractivity contribution < 1.29 is 23.9 Å². The second-order valence-corrected chi connectivity index (χ2v) is 10.5. The van der Waals surface area contributed by atoms with Gasteiger partial charge in [-0.25, -0.2) is 4.79 Å². The van der Waals surface area contributed by atoms with E-state index >= 15 is 0 Å². The number of amides is 4. The van der Waals surface area contributed by atoms with E-state index < -0.39 is 6.04 Å². The van der Waals surface area contributed by atoms with Crippen molar-refractivity contribution in [3.05, 3.63) is 23.3 Å². The summed E-state index contributed by atoms with van der Waals surface area (Å²) in [6, 6.07) is 3.62. The maximum atomic E-state index is 13.1. The van der Waals surface area contributed by atoms with Crippen molar-refractivity contribution in [3.8, 4) is 11.5 Å².